The van der Waals surface area contributed by atoms with Gasteiger partial charge in [0, 0.05) is 16.9 Å². The van der Waals surface area contributed by atoms with E-state index in [1.165, 1.54) is 0 Å². The van der Waals surface area contributed by atoms with Crippen molar-refractivity contribution in [1.29, 1.82) is 0 Å². The number of nitrogens with zero attached hydrogens (tertiary/aromatic N) is 2. The van der Waals surface area contributed by atoms with Crippen molar-refractivity contribution in [2.24, 2.45) is 0 Å². The number of hydrogen-bond acceptors (Lipinski definition) is 3. The maximum Gasteiger partial charge on any atom is 0.223 e. The third kappa shape index (κ3) is 3.17. The lowest BCUT2D eigenvalue weighted by Crippen LogP contribution is -2.09. The second-order valence-electron chi connectivity index (χ2n) is 3.94. The fourth-order valence-electron chi connectivity index (χ4n) is 1.57. The molecule has 1 aromatic carbocycles. The second kappa shape index (κ2) is 5.15. The van der Waals surface area contributed by atoms with Crippen LogP contribution in [0.15, 0.2) is 36.5 Å². The molecule has 1 heterocycles. The van der Waals surface area contributed by atoms with E-state index in [2.05, 4.69) is 22.2 Å². The molecule has 4 heteroatoms. The van der Waals surface area contributed by atoms with Crippen molar-refractivity contribution in [1.82, 2.24) is 9.97 Å². The first kappa shape index (κ1) is 11.9. The van der Waals surface area contributed by atoms with Gasteiger partial charge in [-0.2, -0.15) is 0 Å². The zero-order valence-corrected chi connectivity index (χ0v) is 10.6. The molecule has 1 atom stereocenters. The molecule has 0 bridgehead atoms. The third-order valence-electron chi connectivity index (χ3n) is 2.49. The van der Waals surface area contributed by atoms with Crippen LogP contribution in [0.4, 0.5) is 5.95 Å². The summed E-state index contributed by atoms with van der Waals surface area (Å²) in [7, 11) is 0. The molecule has 17 heavy (non-hydrogen) atoms. The Morgan fingerprint density at radius 1 is 1.29 bits per heavy atom. The molecule has 0 saturated carbocycles. The topological polar surface area (TPSA) is 37.8 Å². The van der Waals surface area contributed by atoms with Gasteiger partial charge in [0.15, 0.2) is 0 Å². The van der Waals surface area contributed by atoms with Crippen molar-refractivity contribution in [2.45, 2.75) is 19.9 Å². The highest BCUT2D eigenvalue weighted by Crippen LogP contribution is 2.20. The Hall–Kier alpha value is -1.61. The van der Waals surface area contributed by atoms with E-state index in [4.69, 9.17) is 11.6 Å². The quantitative estimate of drug-likeness (QED) is 0.900. The van der Waals surface area contributed by atoms with Gasteiger partial charge in [-0.1, -0.05) is 23.7 Å². The van der Waals surface area contributed by atoms with Crippen LogP contribution in [0.2, 0.25) is 5.02 Å². The van der Waals surface area contributed by atoms with Gasteiger partial charge in [-0.3, -0.25) is 0 Å². The van der Waals surface area contributed by atoms with Gasteiger partial charge in [-0.15, -0.1) is 0 Å². The maximum atomic E-state index is 5.96. The van der Waals surface area contributed by atoms with Crippen LogP contribution in [0, 0.1) is 6.92 Å². The molecule has 0 fully saturated rings. The molecule has 1 unspecified atom stereocenters. The van der Waals surface area contributed by atoms with E-state index in [1.54, 1.807) is 6.20 Å². The number of rotatable bonds is 3. The number of nitrogens with one attached hydrogen (secondary N) is 1. The van der Waals surface area contributed by atoms with Crippen molar-refractivity contribution >= 4 is 17.5 Å². The van der Waals surface area contributed by atoms with Crippen LogP contribution >= 0.6 is 11.6 Å². The molecule has 0 spiro atoms. The highest BCUT2D eigenvalue weighted by molar-refractivity contribution is 6.30. The Kier molecular flexibility index (Phi) is 3.59. The van der Waals surface area contributed by atoms with Gasteiger partial charge >= 0.3 is 0 Å². The average Bonchev–Trinajstić information content (AvgIpc) is 2.29. The summed E-state index contributed by atoms with van der Waals surface area (Å²) in [5.41, 5.74) is 2.06. The fraction of sp³-hybridized carbons (Fsp3) is 0.231. The molecule has 0 aliphatic heterocycles. The number of aryl methyl sites for hydroxylation is 1. The lowest BCUT2D eigenvalue weighted by molar-refractivity contribution is 0.857. The Morgan fingerprint density at radius 3 is 2.82 bits per heavy atom. The van der Waals surface area contributed by atoms with Gasteiger partial charge < -0.3 is 5.32 Å². The molecule has 1 N–H and O–H groups in total. The normalized spacial score (nSPS) is 12.2. The highest BCUT2D eigenvalue weighted by atomic mass is 35.5. The standard InChI is InChI=1S/C13H14ClN3/c1-9-6-7-15-13(16-9)17-10(2)11-4-3-5-12(14)8-11/h3-8,10H,1-2H3,(H,15,16,17). The molecule has 1 aromatic heterocycles. The summed E-state index contributed by atoms with van der Waals surface area (Å²) < 4.78 is 0. The van der Waals surface area contributed by atoms with Crippen LogP contribution < -0.4 is 5.32 Å². The van der Waals surface area contributed by atoms with Crippen LogP contribution in [0.3, 0.4) is 0 Å². The monoisotopic (exact) mass is 247 g/mol. The van der Waals surface area contributed by atoms with E-state index in [-0.39, 0.29) is 6.04 Å². The predicted octanol–water partition coefficient (Wildman–Crippen LogP) is 3.61. The number of anilines is 1. The van der Waals surface area contributed by atoms with Crippen molar-refractivity contribution < 1.29 is 0 Å². The Balaban J connectivity index is 2.14. The number of benzene rings is 1. The Bertz CT molecular complexity index is 514. The van der Waals surface area contributed by atoms with Crippen LogP contribution in [0.25, 0.3) is 0 Å². The van der Waals surface area contributed by atoms with Gasteiger partial charge in [0.05, 0.1) is 6.04 Å². The van der Waals surface area contributed by atoms with E-state index in [0.29, 0.717) is 5.95 Å². The molecule has 2 aromatic rings. The molecule has 0 aliphatic carbocycles. The summed E-state index contributed by atoms with van der Waals surface area (Å²) in [4.78, 5) is 8.48. The average molecular weight is 248 g/mol. The Morgan fingerprint density at radius 2 is 2.12 bits per heavy atom. The summed E-state index contributed by atoms with van der Waals surface area (Å²) in [6.07, 6.45) is 1.75. The van der Waals surface area contributed by atoms with Crippen LogP contribution in [-0.2, 0) is 0 Å². The summed E-state index contributed by atoms with van der Waals surface area (Å²) in [5, 5.41) is 3.98. The lowest BCUT2D eigenvalue weighted by atomic mass is 10.1. The lowest BCUT2D eigenvalue weighted by Gasteiger charge is -2.14. The fourth-order valence-corrected chi connectivity index (χ4v) is 1.77. The molecule has 0 saturated heterocycles. The molecule has 88 valence electrons. The van der Waals surface area contributed by atoms with E-state index < -0.39 is 0 Å². The molecular weight excluding hydrogens is 234 g/mol. The van der Waals surface area contributed by atoms with E-state index in [1.807, 2.05) is 37.3 Å². The summed E-state index contributed by atoms with van der Waals surface area (Å²) in [6.45, 7) is 3.99. The van der Waals surface area contributed by atoms with E-state index in [9.17, 15) is 0 Å². The first-order valence-corrected chi connectivity index (χ1v) is 5.84. The van der Waals surface area contributed by atoms with E-state index >= 15 is 0 Å². The van der Waals surface area contributed by atoms with Crippen LogP contribution in [0.1, 0.15) is 24.2 Å². The van der Waals surface area contributed by atoms with Gasteiger partial charge in [0.25, 0.3) is 0 Å². The minimum absolute atomic E-state index is 0.121. The number of aromatic nitrogens is 2. The molecule has 0 amide bonds. The second-order valence-corrected chi connectivity index (χ2v) is 4.38. The largest absolute Gasteiger partial charge is 0.348 e. The summed E-state index contributed by atoms with van der Waals surface area (Å²) in [5.74, 6) is 0.637. The maximum absolute atomic E-state index is 5.96. The summed E-state index contributed by atoms with van der Waals surface area (Å²) in [6, 6.07) is 9.76. The SMILES string of the molecule is Cc1ccnc(NC(C)c2cccc(Cl)c2)n1. The zero-order valence-electron chi connectivity index (χ0n) is 9.81. The van der Waals surface area contributed by atoms with Gasteiger partial charge in [0.1, 0.15) is 0 Å². The summed E-state index contributed by atoms with van der Waals surface area (Å²) >= 11 is 5.96. The van der Waals surface area contributed by atoms with Crippen LogP contribution in [0.5, 0.6) is 0 Å². The Labute approximate surface area is 106 Å². The van der Waals surface area contributed by atoms with Crippen LogP contribution in [-0.4, -0.2) is 9.97 Å². The third-order valence-corrected chi connectivity index (χ3v) is 2.72. The smallest absolute Gasteiger partial charge is 0.223 e. The number of halogens is 1. The minimum Gasteiger partial charge on any atom is -0.348 e. The van der Waals surface area contributed by atoms with Gasteiger partial charge in [-0.05, 0) is 37.6 Å². The highest BCUT2D eigenvalue weighted by Gasteiger charge is 2.07. The van der Waals surface area contributed by atoms with Crippen molar-refractivity contribution in [2.75, 3.05) is 5.32 Å². The van der Waals surface area contributed by atoms with E-state index in [0.717, 1.165) is 16.3 Å². The van der Waals surface area contributed by atoms with Gasteiger partial charge in [0.2, 0.25) is 5.95 Å². The van der Waals surface area contributed by atoms with Gasteiger partial charge in [-0.25, -0.2) is 9.97 Å². The molecule has 0 aliphatic rings. The first-order chi connectivity index (χ1) is 8.15. The molecule has 2 rings (SSSR count). The zero-order chi connectivity index (χ0) is 12.3. The van der Waals surface area contributed by atoms with Crippen molar-refractivity contribution in [3.63, 3.8) is 0 Å². The molecule has 0 radical (unpaired) electrons. The molecule has 3 nitrogen and oxygen atoms in total. The van der Waals surface area contributed by atoms with Crippen molar-refractivity contribution in [3.05, 3.63) is 52.8 Å². The first-order valence-electron chi connectivity index (χ1n) is 5.47. The number of hydrogen-bond donors (Lipinski definition) is 1. The minimum atomic E-state index is 0.121. The van der Waals surface area contributed by atoms with Crippen molar-refractivity contribution in [3.8, 4) is 0 Å². The predicted molar refractivity (Wildman–Crippen MR) is 70.3 cm³/mol. The molecular formula is C13H14ClN3.